The summed E-state index contributed by atoms with van der Waals surface area (Å²) in [4.78, 5) is 26.9. The first-order valence-corrected chi connectivity index (χ1v) is 10.1. The highest BCUT2D eigenvalue weighted by Crippen LogP contribution is 2.39. The molecule has 0 N–H and O–H groups in total. The highest BCUT2D eigenvalue weighted by atomic mass is 16.5. The van der Waals surface area contributed by atoms with Gasteiger partial charge in [0, 0.05) is 32.0 Å². The minimum absolute atomic E-state index is 0.0173. The Labute approximate surface area is 170 Å². The van der Waals surface area contributed by atoms with Crippen molar-refractivity contribution in [3.8, 4) is 11.5 Å². The molecule has 0 radical (unpaired) electrons. The molecule has 29 heavy (non-hydrogen) atoms. The molecule has 5 nitrogen and oxygen atoms in total. The van der Waals surface area contributed by atoms with E-state index in [2.05, 4.69) is 0 Å². The molecular formula is C24H25NO4. The summed E-state index contributed by atoms with van der Waals surface area (Å²) in [5.41, 5.74) is 1.13. The maximum Gasteiger partial charge on any atom is 0.246 e. The first kappa shape index (κ1) is 19.2. The molecule has 2 aliphatic heterocycles. The normalized spacial score (nSPS) is 17.8. The van der Waals surface area contributed by atoms with Gasteiger partial charge in [0.15, 0.2) is 5.78 Å². The highest BCUT2D eigenvalue weighted by molar-refractivity contribution is 6.00. The van der Waals surface area contributed by atoms with Crippen molar-refractivity contribution in [1.29, 1.82) is 0 Å². The second-order valence-electron chi connectivity index (χ2n) is 7.54. The molecule has 5 heteroatoms. The van der Waals surface area contributed by atoms with Crippen LogP contribution >= 0.6 is 0 Å². The number of rotatable bonds is 4. The van der Waals surface area contributed by atoms with E-state index in [1.165, 1.54) is 0 Å². The van der Waals surface area contributed by atoms with Crippen molar-refractivity contribution in [1.82, 2.24) is 4.90 Å². The van der Waals surface area contributed by atoms with Gasteiger partial charge >= 0.3 is 0 Å². The minimum atomic E-state index is -0.485. The Hall–Kier alpha value is -3.08. The van der Waals surface area contributed by atoms with Crippen LogP contribution in [-0.4, -0.2) is 41.9 Å². The van der Waals surface area contributed by atoms with Crippen molar-refractivity contribution in [2.45, 2.75) is 31.8 Å². The van der Waals surface area contributed by atoms with E-state index >= 15 is 0 Å². The summed E-state index contributed by atoms with van der Waals surface area (Å²) in [5.74, 6) is 1.60. The van der Waals surface area contributed by atoms with Gasteiger partial charge in [-0.3, -0.25) is 9.59 Å². The summed E-state index contributed by atoms with van der Waals surface area (Å²) >= 11 is 0. The van der Waals surface area contributed by atoms with Gasteiger partial charge in [-0.15, -0.1) is 0 Å². The van der Waals surface area contributed by atoms with Crippen LogP contribution in [0.5, 0.6) is 11.5 Å². The first-order chi connectivity index (χ1) is 14.1. The van der Waals surface area contributed by atoms with Crippen LogP contribution in [0.3, 0.4) is 0 Å². The van der Waals surface area contributed by atoms with E-state index in [0.29, 0.717) is 50.3 Å². The van der Waals surface area contributed by atoms with Crippen molar-refractivity contribution < 1.29 is 19.1 Å². The van der Waals surface area contributed by atoms with Crippen LogP contribution < -0.4 is 9.47 Å². The maximum absolute atomic E-state index is 12.6. The molecule has 1 spiro atoms. The van der Waals surface area contributed by atoms with Gasteiger partial charge in [0.05, 0.1) is 18.6 Å². The third-order valence-electron chi connectivity index (χ3n) is 5.59. The van der Waals surface area contributed by atoms with E-state index in [1.54, 1.807) is 6.08 Å². The summed E-state index contributed by atoms with van der Waals surface area (Å²) in [7, 11) is 0. The van der Waals surface area contributed by atoms with Crippen LogP contribution in [0.15, 0.2) is 54.6 Å². The Morgan fingerprint density at radius 2 is 1.86 bits per heavy atom. The van der Waals surface area contributed by atoms with Crippen molar-refractivity contribution in [3.05, 3.63) is 65.7 Å². The van der Waals surface area contributed by atoms with Crippen LogP contribution in [0, 0.1) is 0 Å². The van der Waals surface area contributed by atoms with E-state index in [1.807, 2.05) is 66.4 Å². The van der Waals surface area contributed by atoms with Crippen LogP contribution in [0.4, 0.5) is 0 Å². The predicted molar refractivity (Wildman–Crippen MR) is 111 cm³/mol. The molecule has 0 atom stereocenters. The zero-order valence-corrected chi connectivity index (χ0v) is 16.6. The van der Waals surface area contributed by atoms with Crippen molar-refractivity contribution in [3.63, 3.8) is 0 Å². The molecule has 2 aliphatic rings. The SMILES string of the molecule is CCOc1ccc(/C=C/C(=O)N2CCC3(CC2)CC(=O)c2ccccc2O3)cc1. The minimum Gasteiger partial charge on any atom is -0.494 e. The molecule has 1 amide bonds. The topological polar surface area (TPSA) is 55.8 Å². The lowest BCUT2D eigenvalue weighted by Gasteiger charge is -2.43. The zero-order valence-electron chi connectivity index (χ0n) is 16.6. The monoisotopic (exact) mass is 391 g/mol. The molecule has 2 aromatic carbocycles. The van der Waals surface area contributed by atoms with Gasteiger partial charge in [-0.1, -0.05) is 24.3 Å². The van der Waals surface area contributed by atoms with E-state index in [4.69, 9.17) is 9.47 Å². The first-order valence-electron chi connectivity index (χ1n) is 10.1. The van der Waals surface area contributed by atoms with Gasteiger partial charge in [0.1, 0.15) is 17.1 Å². The summed E-state index contributed by atoms with van der Waals surface area (Å²) in [6.45, 7) is 3.75. The maximum atomic E-state index is 12.6. The predicted octanol–water partition coefficient (Wildman–Crippen LogP) is 4.13. The molecule has 4 rings (SSSR count). The quantitative estimate of drug-likeness (QED) is 0.736. The van der Waals surface area contributed by atoms with Crippen LogP contribution in [0.1, 0.15) is 42.1 Å². The Morgan fingerprint density at radius 3 is 2.59 bits per heavy atom. The molecule has 0 bridgehead atoms. The van der Waals surface area contributed by atoms with Crippen LogP contribution in [0.25, 0.3) is 6.08 Å². The zero-order chi connectivity index (χ0) is 20.3. The van der Waals surface area contributed by atoms with Gasteiger partial charge in [0.2, 0.25) is 5.91 Å². The van der Waals surface area contributed by atoms with Gasteiger partial charge in [0.25, 0.3) is 0 Å². The average Bonchev–Trinajstić information content (AvgIpc) is 2.74. The summed E-state index contributed by atoms with van der Waals surface area (Å²) in [6, 6.07) is 15.1. The molecule has 1 saturated heterocycles. The van der Waals surface area contributed by atoms with E-state index < -0.39 is 5.60 Å². The molecule has 150 valence electrons. The largest absolute Gasteiger partial charge is 0.494 e. The molecule has 2 aromatic rings. The number of benzene rings is 2. The van der Waals surface area contributed by atoms with Gasteiger partial charge in [-0.05, 0) is 42.8 Å². The molecule has 0 unspecified atom stereocenters. The number of carbonyl (C=O) groups is 2. The number of carbonyl (C=O) groups excluding carboxylic acids is 2. The number of piperidine rings is 1. The smallest absolute Gasteiger partial charge is 0.246 e. The van der Waals surface area contributed by atoms with E-state index in [9.17, 15) is 9.59 Å². The summed E-state index contributed by atoms with van der Waals surface area (Å²) in [5, 5.41) is 0. The number of hydrogen-bond donors (Lipinski definition) is 0. The van der Waals surface area contributed by atoms with E-state index in [-0.39, 0.29) is 11.7 Å². The van der Waals surface area contributed by atoms with E-state index in [0.717, 1.165) is 11.3 Å². The highest BCUT2D eigenvalue weighted by Gasteiger charge is 2.43. The molecule has 0 saturated carbocycles. The number of ketones is 1. The number of fused-ring (bicyclic) bond motifs is 1. The second kappa shape index (κ2) is 8.11. The number of amides is 1. The lowest BCUT2D eigenvalue weighted by atomic mass is 9.82. The third-order valence-corrected chi connectivity index (χ3v) is 5.59. The Balaban J connectivity index is 1.36. The Kier molecular flexibility index (Phi) is 5.38. The molecule has 2 heterocycles. The van der Waals surface area contributed by atoms with Crippen LogP contribution in [0.2, 0.25) is 0 Å². The lowest BCUT2D eigenvalue weighted by Crippen LogP contribution is -2.52. The third kappa shape index (κ3) is 4.19. The standard InChI is InChI=1S/C24H25NO4/c1-2-28-19-10-7-18(8-11-19)9-12-23(27)25-15-13-24(14-16-25)17-21(26)20-5-3-4-6-22(20)29-24/h3-12H,2,13-17H2,1H3/b12-9+. The van der Waals surface area contributed by atoms with Gasteiger partial charge in [-0.2, -0.15) is 0 Å². The van der Waals surface area contributed by atoms with Crippen LogP contribution in [-0.2, 0) is 4.79 Å². The second-order valence-corrected chi connectivity index (χ2v) is 7.54. The fourth-order valence-electron chi connectivity index (χ4n) is 3.97. The molecule has 0 aliphatic carbocycles. The fraction of sp³-hybridized carbons (Fsp3) is 0.333. The number of para-hydroxylation sites is 1. The average molecular weight is 391 g/mol. The Bertz CT molecular complexity index is 924. The number of nitrogens with zero attached hydrogens (tertiary/aromatic N) is 1. The summed E-state index contributed by atoms with van der Waals surface area (Å²) < 4.78 is 11.7. The number of hydrogen-bond acceptors (Lipinski definition) is 4. The van der Waals surface area contributed by atoms with Gasteiger partial charge in [-0.25, -0.2) is 0 Å². The Morgan fingerprint density at radius 1 is 1.14 bits per heavy atom. The van der Waals surface area contributed by atoms with Crippen molar-refractivity contribution >= 4 is 17.8 Å². The molecular weight excluding hydrogens is 366 g/mol. The number of likely N-dealkylation sites (tertiary alicyclic amines) is 1. The fourth-order valence-corrected chi connectivity index (χ4v) is 3.97. The van der Waals surface area contributed by atoms with Crippen molar-refractivity contribution in [2.75, 3.05) is 19.7 Å². The molecule has 0 aromatic heterocycles. The summed E-state index contributed by atoms with van der Waals surface area (Å²) in [6.07, 6.45) is 5.13. The van der Waals surface area contributed by atoms with Gasteiger partial charge < -0.3 is 14.4 Å². The van der Waals surface area contributed by atoms with Crippen molar-refractivity contribution in [2.24, 2.45) is 0 Å². The molecule has 1 fully saturated rings. The number of Topliss-reactive ketones (excluding diaryl/α,β-unsaturated/α-hetero) is 1. The lowest BCUT2D eigenvalue weighted by molar-refractivity contribution is -0.129. The number of ether oxygens (including phenoxy) is 2.